The van der Waals surface area contributed by atoms with Gasteiger partial charge in [-0.05, 0) is 90.7 Å². The van der Waals surface area contributed by atoms with Crippen LogP contribution in [0, 0.1) is 0 Å². The quantitative estimate of drug-likeness (QED) is 0.129. The fraction of sp³-hybridized carbons (Fsp3) is 0.156. The number of hydrogen-bond donors (Lipinski definition) is 2. The van der Waals surface area contributed by atoms with Crippen molar-refractivity contribution in [2.24, 2.45) is 0 Å². The highest BCUT2D eigenvalue weighted by Gasteiger charge is 2.23. The molecular formula is C32H26Cl2N2O7S2. The van der Waals surface area contributed by atoms with Crippen molar-refractivity contribution >= 4 is 66.5 Å². The molecule has 1 atom stereocenters. The lowest BCUT2D eigenvalue weighted by Crippen LogP contribution is -2.45. The van der Waals surface area contributed by atoms with Crippen LogP contribution in [0.2, 0.25) is 10.0 Å². The van der Waals surface area contributed by atoms with Crippen molar-refractivity contribution < 1.29 is 32.6 Å². The van der Waals surface area contributed by atoms with Gasteiger partial charge < -0.3 is 19.9 Å². The van der Waals surface area contributed by atoms with Gasteiger partial charge in [-0.3, -0.25) is 4.79 Å². The Kier molecular flexibility index (Phi) is 10.2. The van der Waals surface area contributed by atoms with E-state index in [9.17, 15) is 23.1 Å². The molecule has 0 spiro atoms. The molecule has 1 unspecified atom stereocenters. The second-order valence-electron chi connectivity index (χ2n) is 9.91. The zero-order valence-electron chi connectivity index (χ0n) is 23.5. The Bertz CT molecular complexity index is 1930. The first kappa shape index (κ1) is 32.2. The monoisotopic (exact) mass is 684 g/mol. The zero-order valence-corrected chi connectivity index (χ0v) is 26.6. The van der Waals surface area contributed by atoms with E-state index in [1.54, 1.807) is 60.7 Å². The number of nitrogens with zero attached hydrogens (tertiary/aromatic N) is 1. The van der Waals surface area contributed by atoms with Gasteiger partial charge in [0, 0.05) is 15.6 Å². The first-order valence-corrected chi connectivity index (χ1v) is 16.8. The molecule has 0 aliphatic rings. The summed E-state index contributed by atoms with van der Waals surface area (Å²) in [5, 5.41) is 13.6. The van der Waals surface area contributed by atoms with Crippen LogP contribution in [0.3, 0.4) is 0 Å². The summed E-state index contributed by atoms with van der Waals surface area (Å²) in [6, 6.07) is 24.6. The second kappa shape index (κ2) is 14.3. The van der Waals surface area contributed by atoms with Gasteiger partial charge in [0.15, 0.2) is 9.84 Å². The molecule has 4 aromatic carbocycles. The number of halogens is 2. The third-order valence-electron chi connectivity index (χ3n) is 6.60. The van der Waals surface area contributed by atoms with Crippen molar-refractivity contribution in [1.29, 1.82) is 0 Å². The molecule has 0 saturated heterocycles. The van der Waals surface area contributed by atoms with Crippen LogP contribution in [0.15, 0.2) is 95.9 Å². The standard InChI is InChI=1S/C32H26Cl2N2O7S2/c33-23-8-13-26(14-9-23)45(40,41)16-2-4-20-6-11-25(12-7-20)43-30(31(38)39)36-29(37)22-5-1-3-21(17-22)19-42-32-35-27-18-24(34)10-15-28(27)44-32/h1,3,5-15,17-18,30H,2,4,16,19H2,(H,36,37)(H,38,39). The van der Waals surface area contributed by atoms with Crippen LogP contribution >= 0.6 is 34.5 Å². The molecule has 5 rings (SSSR count). The normalized spacial score (nSPS) is 12.0. The van der Waals surface area contributed by atoms with Crippen molar-refractivity contribution in [2.75, 3.05) is 5.75 Å². The highest BCUT2D eigenvalue weighted by Crippen LogP contribution is 2.30. The van der Waals surface area contributed by atoms with Crippen molar-refractivity contribution in [3.8, 4) is 10.9 Å². The van der Waals surface area contributed by atoms with Crippen molar-refractivity contribution in [1.82, 2.24) is 10.3 Å². The second-order valence-corrected chi connectivity index (χ2v) is 13.9. The molecular weight excluding hydrogens is 659 g/mol. The third-order valence-corrected chi connectivity index (χ3v) is 9.85. The largest absolute Gasteiger partial charge is 0.477 e. The number of carboxylic acids is 1. The molecule has 1 amide bonds. The van der Waals surface area contributed by atoms with Gasteiger partial charge in [0.25, 0.3) is 17.3 Å². The predicted molar refractivity (Wildman–Crippen MR) is 173 cm³/mol. The molecule has 1 heterocycles. The van der Waals surface area contributed by atoms with Crippen LogP contribution in [0.5, 0.6) is 10.9 Å². The first-order valence-electron chi connectivity index (χ1n) is 13.6. The average molecular weight is 686 g/mol. The number of aliphatic carboxylic acids is 1. The van der Waals surface area contributed by atoms with Gasteiger partial charge in [0.05, 0.1) is 20.9 Å². The van der Waals surface area contributed by atoms with E-state index in [1.807, 2.05) is 6.07 Å². The van der Waals surface area contributed by atoms with E-state index in [0.29, 0.717) is 33.6 Å². The Labute approximate surface area is 273 Å². The molecule has 13 heteroatoms. The fourth-order valence-corrected chi connectivity index (χ4v) is 6.73. The summed E-state index contributed by atoms with van der Waals surface area (Å²) in [5.41, 5.74) is 2.49. The van der Waals surface area contributed by atoms with E-state index in [2.05, 4.69) is 10.3 Å². The Balaban J connectivity index is 1.14. The first-order chi connectivity index (χ1) is 21.6. The molecule has 2 N–H and O–H groups in total. The van der Waals surface area contributed by atoms with E-state index in [0.717, 1.165) is 15.8 Å². The van der Waals surface area contributed by atoms with E-state index in [1.165, 1.54) is 35.6 Å². The molecule has 0 radical (unpaired) electrons. The van der Waals surface area contributed by atoms with Gasteiger partial charge in [0.2, 0.25) is 0 Å². The topological polar surface area (TPSA) is 132 Å². The summed E-state index contributed by atoms with van der Waals surface area (Å²) in [6.45, 7) is 0.146. The lowest BCUT2D eigenvalue weighted by atomic mass is 10.1. The maximum Gasteiger partial charge on any atom is 0.366 e. The average Bonchev–Trinajstić information content (AvgIpc) is 3.43. The molecule has 0 fully saturated rings. The van der Waals surface area contributed by atoms with Crippen LogP contribution in [-0.2, 0) is 27.7 Å². The minimum atomic E-state index is -3.44. The molecule has 0 bridgehead atoms. The number of aryl methyl sites for hydroxylation is 1. The van der Waals surface area contributed by atoms with E-state index < -0.39 is 27.9 Å². The third kappa shape index (κ3) is 8.73. The highest BCUT2D eigenvalue weighted by molar-refractivity contribution is 7.91. The smallest absolute Gasteiger partial charge is 0.366 e. The summed E-state index contributed by atoms with van der Waals surface area (Å²) < 4.78 is 37.4. The molecule has 232 valence electrons. The fourth-order valence-electron chi connectivity index (χ4n) is 4.33. The number of rotatable bonds is 13. The minimum Gasteiger partial charge on any atom is -0.477 e. The van der Waals surface area contributed by atoms with Crippen LogP contribution in [0.25, 0.3) is 10.2 Å². The highest BCUT2D eigenvalue weighted by atomic mass is 35.5. The summed E-state index contributed by atoms with van der Waals surface area (Å²) in [6.07, 6.45) is -0.777. The van der Waals surface area contributed by atoms with Crippen LogP contribution in [-0.4, -0.2) is 42.4 Å². The minimum absolute atomic E-state index is 0.0371. The summed E-state index contributed by atoms with van der Waals surface area (Å²) >= 11 is 13.2. The summed E-state index contributed by atoms with van der Waals surface area (Å²) in [5.74, 6) is -1.84. The molecule has 45 heavy (non-hydrogen) atoms. The number of carbonyl (C=O) groups is 2. The van der Waals surface area contributed by atoms with Crippen LogP contribution < -0.4 is 14.8 Å². The van der Waals surface area contributed by atoms with Gasteiger partial charge in [-0.25, -0.2) is 18.2 Å². The van der Waals surface area contributed by atoms with Gasteiger partial charge in [-0.2, -0.15) is 0 Å². The van der Waals surface area contributed by atoms with Crippen molar-refractivity contribution in [2.45, 2.75) is 30.6 Å². The molecule has 1 aromatic heterocycles. The number of hydrogen-bond acceptors (Lipinski definition) is 8. The lowest BCUT2D eigenvalue weighted by molar-refractivity contribution is -0.146. The number of ether oxygens (including phenoxy) is 2. The van der Waals surface area contributed by atoms with Gasteiger partial charge in [-0.1, -0.05) is 58.8 Å². The number of amides is 1. The number of aromatic nitrogens is 1. The number of fused-ring (bicyclic) bond motifs is 1. The number of nitrogens with one attached hydrogen (secondary N) is 1. The number of thiazole rings is 1. The van der Waals surface area contributed by atoms with E-state index in [-0.39, 0.29) is 28.6 Å². The molecule has 0 saturated carbocycles. The number of carbonyl (C=O) groups excluding carboxylic acids is 1. The van der Waals surface area contributed by atoms with Gasteiger partial charge >= 0.3 is 5.97 Å². The Morgan fingerprint density at radius 2 is 1.64 bits per heavy atom. The Morgan fingerprint density at radius 1 is 0.911 bits per heavy atom. The maximum atomic E-state index is 12.9. The predicted octanol–water partition coefficient (Wildman–Crippen LogP) is 6.81. The number of carboxylic acid groups (broad SMARTS) is 1. The Morgan fingerprint density at radius 3 is 2.38 bits per heavy atom. The van der Waals surface area contributed by atoms with E-state index in [4.69, 9.17) is 32.7 Å². The maximum absolute atomic E-state index is 12.9. The van der Waals surface area contributed by atoms with Crippen molar-refractivity contribution in [3.63, 3.8) is 0 Å². The molecule has 5 aromatic rings. The molecule has 0 aliphatic carbocycles. The van der Waals surface area contributed by atoms with Crippen LogP contribution in [0.1, 0.15) is 27.9 Å². The molecule has 0 aliphatic heterocycles. The van der Waals surface area contributed by atoms with E-state index >= 15 is 0 Å². The van der Waals surface area contributed by atoms with Crippen molar-refractivity contribution in [3.05, 3.63) is 118 Å². The summed E-state index contributed by atoms with van der Waals surface area (Å²) in [7, 11) is -3.44. The lowest BCUT2D eigenvalue weighted by Gasteiger charge is -2.17. The molecule has 9 nitrogen and oxygen atoms in total. The number of sulfone groups is 1. The van der Waals surface area contributed by atoms with Gasteiger partial charge in [-0.15, -0.1) is 0 Å². The zero-order chi connectivity index (χ0) is 32.0. The Hall–Kier alpha value is -4.16. The van der Waals surface area contributed by atoms with Crippen LogP contribution in [0.4, 0.5) is 0 Å². The summed E-state index contributed by atoms with van der Waals surface area (Å²) in [4.78, 5) is 29.4. The number of benzene rings is 4. The van der Waals surface area contributed by atoms with Gasteiger partial charge in [0.1, 0.15) is 12.4 Å². The SMILES string of the molecule is O=C(NC(Oc1ccc(CCCS(=O)(=O)c2ccc(Cl)cc2)cc1)C(=O)O)c1cccc(COc2nc3cc(Cl)ccc3s2)c1.